The number of aromatic hydroxyl groups is 1. The van der Waals surface area contributed by atoms with Crippen LogP contribution in [0.2, 0.25) is 0 Å². The molecule has 0 radical (unpaired) electrons. The Kier molecular flexibility index (Phi) is 6.49. The number of hydrogen-bond donors (Lipinski definition) is 2. The van der Waals surface area contributed by atoms with E-state index >= 15 is 0 Å². The molecule has 0 saturated heterocycles. The third kappa shape index (κ3) is 4.05. The Morgan fingerprint density at radius 2 is 1.53 bits per heavy atom. The fraction of sp³-hybridized carbons (Fsp3) is 0.192. The highest BCUT2D eigenvalue weighted by Gasteiger charge is 2.27. The zero-order valence-corrected chi connectivity index (χ0v) is 19.3. The van der Waals surface area contributed by atoms with Gasteiger partial charge in [-0.2, -0.15) is 0 Å². The van der Waals surface area contributed by atoms with Crippen molar-refractivity contribution < 1.29 is 33.3 Å². The van der Waals surface area contributed by atoms with Crippen LogP contribution in [0.1, 0.15) is 21.5 Å². The summed E-state index contributed by atoms with van der Waals surface area (Å²) in [5.41, 5.74) is 1.70. The molecule has 0 aliphatic heterocycles. The highest BCUT2D eigenvalue weighted by atomic mass is 16.5. The number of rotatable bonds is 9. The number of carbonyl (C=O) groups is 1. The number of ketones is 1. The van der Waals surface area contributed by atoms with Gasteiger partial charge < -0.3 is 33.8 Å². The van der Waals surface area contributed by atoms with Gasteiger partial charge in [0, 0.05) is 17.5 Å². The van der Waals surface area contributed by atoms with Gasteiger partial charge in [0.25, 0.3) is 0 Å². The van der Waals surface area contributed by atoms with E-state index in [4.69, 9.17) is 23.4 Å². The van der Waals surface area contributed by atoms with Gasteiger partial charge in [-0.15, -0.1) is 0 Å². The summed E-state index contributed by atoms with van der Waals surface area (Å²) in [6.45, 7) is 0.411. The average molecular weight is 463 g/mol. The summed E-state index contributed by atoms with van der Waals surface area (Å²) >= 11 is 0. The minimum Gasteiger partial charge on any atom is -0.502 e. The van der Waals surface area contributed by atoms with Gasteiger partial charge in [-0.25, -0.2) is 0 Å². The molecule has 0 spiro atoms. The van der Waals surface area contributed by atoms with Gasteiger partial charge in [0.05, 0.1) is 34.0 Å². The molecule has 0 atom stereocenters. The van der Waals surface area contributed by atoms with Gasteiger partial charge in [0.15, 0.2) is 28.6 Å². The van der Waals surface area contributed by atoms with Crippen LogP contribution < -0.4 is 24.3 Å². The summed E-state index contributed by atoms with van der Waals surface area (Å²) in [6.07, 6.45) is 0. The molecule has 0 aliphatic carbocycles. The van der Waals surface area contributed by atoms with E-state index < -0.39 is 0 Å². The minimum atomic E-state index is -0.349. The van der Waals surface area contributed by atoms with E-state index in [2.05, 4.69) is 5.32 Å². The summed E-state index contributed by atoms with van der Waals surface area (Å²) in [6, 6.07) is 16.1. The molecule has 0 saturated carbocycles. The topological polar surface area (TPSA) is 99.4 Å². The van der Waals surface area contributed by atoms with Crippen LogP contribution >= 0.6 is 0 Å². The van der Waals surface area contributed by atoms with E-state index in [1.54, 1.807) is 24.3 Å². The number of phenols is 1. The lowest BCUT2D eigenvalue weighted by Crippen LogP contribution is -2.07. The second kappa shape index (κ2) is 9.66. The lowest BCUT2D eigenvalue weighted by Gasteiger charge is -2.14. The molecule has 3 aromatic carbocycles. The van der Waals surface area contributed by atoms with Crippen LogP contribution in [0.4, 0.5) is 5.88 Å². The number of hydrogen-bond acceptors (Lipinski definition) is 8. The maximum absolute atomic E-state index is 13.8. The van der Waals surface area contributed by atoms with Crippen molar-refractivity contribution >= 4 is 22.6 Å². The van der Waals surface area contributed by atoms with Crippen LogP contribution in [0.3, 0.4) is 0 Å². The third-order valence-corrected chi connectivity index (χ3v) is 5.46. The molecule has 0 bridgehead atoms. The van der Waals surface area contributed by atoms with Crippen LogP contribution in [0.5, 0.6) is 28.7 Å². The minimum absolute atomic E-state index is 0.144. The smallest absolute Gasteiger partial charge is 0.206 e. The van der Waals surface area contributed by atoms with E-state index in [1.807, 2.05) is 30.3 Å². The highest BCUT2D eigenvalue weighted by Crippen LogP contribution is 2.43. The number of nitrogens with one attached hydrogen (secondary N) is 1. The average Bonchev–Trinajstić information content (AvgIpc) is 3.26. The zero-order chi connectivity index (χ0) is 24.2. The fourth-order valence-electron chi connectivity index (χ4n) is 3.78. The van der Waals surface area contributed by atoms with Gasteiger partial charge in [0.2, 0.25) is 17.4 Å². The number of anilines is 1. The Labute approximate surface area is 196 Å². The number of carbonyl (C=O) groups excluding carboxylic acids is 1. The largest absolute Gasteiger partial charge is 0.502 e. The van der Waals surface area contributed by atoms with Crippen LogP contribution in [-0.2, 0) is 6.54 Å². The maximum atomic E-state index is 13.8. The van der Waals surface area contributed by atoms with Crippen molar-refractivity contribution in [2.24, 2.45) is 0 Å². The second-order valence-electron chi connectivity index (χ2n) is 7.38. The number of methoxy groups -OCH3 is 4. The Balaban J connectivity index is 1.86. The first-order chi connectivity index (χ1) is 16.5. The first-order valence-electron chi connectivity index (χ1n) is 10.5. The van der Waals surface area contributed by atoms with Gasteiger partial charge in [0.1, 0.15) is 0 Å². The summed E-state index contributed by atoms with van der Waals surface area (Å²) in [5, 5.41) is 14.3. The molecule has 1 heterocycles. The van der Waals surface area contributed by atoms with Crippen LogP contribution in [0.15, 0.2) is 59.0 Å². The van der Waals surface area contributed by atoms with Crippen molar-refractivity contribution in [1.29, 1.82) is 0 Å². The quantitative estimate of drug-likeness (QED) is 0.334. The molecule has 0 fully saturated rings. The molecule has 1 aromatic heterocycles. The van der Waals surface area contributed by atoms with Gasteiger partial charge in [-0.1, -0.05) is 30.3 Å². The zero-order valence-electron chi connectivity index (χ0n) is 19.3. The number of ether oxygens (including phenoxy) is 4. The molecular formula is C26H25NO7. The van der Waals surface area contributed by atoms with Crippen molar-refractivity contribution in [3.05, 3.63) is 71.3 Å². The molecule has 176 valence electrons. The fourth-order valence-corrected chi connectivity index (χ4v) is 3.78. The summed E-state index contributed by atoms with van der Waals surface area (Å²) in [5.74, 6) is 1.000. The lowest BCUT2D eigenvalue weighted by atomic mass is 10.00. The highest BCUT2D eigenvalue weighted by molar-refractivity contribution is 6.20. The monoisotopic (exact) mass is 463 g/mol. The number of phenolic OH excluding ortho intramolecular Hbond substituents is 1. The summed E-state index contributed by atoms with van der Waals surface area (Å²) < 4.78 is 27.3. The molecule has 0 aliphatic rings. The predicted octanol–water partition coefficient (Wildman–Crippen LogP) is 5.02. The first-order valence-corrected chi connectivity index (χ1v) is 10.5. The first kappa shape index (κ1) is 22.8. The predicted molar refractivity (Wildman–Crippen MR) is 128 cm³/mol. The Morgan fingerprint density at radius 1 is 0.882 bits per heavy atom. The van der Waals surface area contributed by atoms with E-state index in [0.717, 1.165) is 5.56 Å². The van der Waals surface area contributed by atoms with Crippen LogP contribution in [0.25, 0.3) is 11.0 Å². The van der Waals surface area contributed by atoms with Crippen molar-refractivity contribution in [3.63, 3.8) is 0 Å². The molecule has 4 rings (SSSR count). The van der Waals surface area contributed by atoms with Crippen LogP contribution in [0, 0.1) is 0 Å². The molecule has 8 nitrogen and oxygen atoms in total. The van der Waals surface area contributed by atoms with E-state index in [-0.39, 0.29) is 34.3 Å². The van der Waals surface area contributed by atoms with Crippen molar-refractivity contribution in [2.45, 2.75) is 6.54 Å². The van der Waals surface area contributed by atoms with E-state index in [0.29, 0.717) is 34.7 Å². The number of fused-ring (bicyclic) bond motifs is 1. The SMILES string of the molecule is COc1cc(C(=O)c2c(NCc3ccccc3)oc3c(O)c(OC)ccc23)cc(OC)c1OC. The summed E-state index contributed by atoms with van der Waals surface area (Å²) in [4.78, 5) is 13.8. The molecule has 2 N–H and O–H groups in total. The molecule has 34 heavy (non-hydrogen) atoms. The van der Waals surface area contributed by atoms with Gasteiger partial charge in [-0.3, -0.25) is 4.79 Å². The van der Waals surface area contributed by atoms with E-state index in [9.17, 15) is 9.90 Å². The normalized spacial score (nSPS) is 10.7. The van der Waals surface area contributed by atoms with Crippen molar-refractivity contribution in [2.75, 3.05) is 33.8 Å². The summed E-state index contributed by atoms with van der Waals surface area (Å²) in [7, 11) is 5.90. The van der Waals surface area contributed by atoms with Gasteiger partial charge >= 0.3 is 0 Å². The van der Waals surface area contributed by atoms with Crippen molar-refractivity contribution in [3.8, 4) is 28.7 Å². The molecule has 0 amide bonds. The maximum Gasteiger partial charge on any atom is 0.206 e. The molecule has 4 aromatic rings. The third-order valence-electron chi connectivity index (χ3n) is 5.46. The molecular weight excluding hydrogens is 438 g/mol. The van der Waals surface area contributed by atoms with Gasteiger partial charge in [-0.05, 0) is 29.8 Å². The Hall–Kier alpha value is -4.33. The molecule has 0 unspecified atom stereocenters. The van der Waals surface area contributed by atoms with Crippen molar-refractivity contribution in [1.82, 2.24) is 0 Å². The Morgan fingerprint density at radius 3 is 2.12 bits per heavy atom. The number of benzene rings is 3. The molecule has 8 heteroatoms. The number of furan rings is 1. The van der Waals surface area contributed by atoms with E-state index in [1.165, 1.54) is 28.4 Å². The van der Waals surface area contributed by atoms with Crippen LogP contribution in [-0.4, -0.2) is 39.3 Å². The lowest BCUT2D eigenvalue weighted by molar-refractivity contribution is 0.103. The standard InChI is InChI=1S/C26H25NO7/c1-30-18-11-10-17-21(22(28)16-12-19(31-2)25(33-4)20(13-16)32-3)26(34-24(17)23(18)29)27-14-15-8-6-5-7-9-15/h5-13,27,29H,14H2,1-4H3. The Bertz CT molecular complexity index is 1300. The second-order valence-corrected chi connectivity index (χ2v) is 7.38.